The van der Waals surface area contributed by atoms with E-state index in [0.29, 0.717) is 5.56 Å². The van der Waals surface area contributed by atoms with Crippen LogP contribution in [0.5, 0.6) is 0 Å². The Morgan fingerprint density at radius 3 is 2.45 bits per heavy atom. The monoisotopic (exact) mass is 279 g/mol. The largest absolute Gasteiger partial charge is 0.334 e. The average molecular weight is 279 g/mol. The van der Waals surface area contributed by atoms with Crippen molar-refractivity contribution in [2.45, 2.75) is 39.3 Å². The summed E-state index contributed by atoms with van der Waals surface area (Å²) in [6.45, 7) is 7.49. The number of nitrogens with one attached hydrogen (secondary N) is 3. The minimum absolute atomic E-state index is 0.260. The number of rotatable bonds is 3. The van der Waals surface area contributed by atoms with Crippen molar-refractivity contribution in [3.63, 3.8) is 0 Å². The molecule has 110 valence electrons. The Morgan fingerprint density at radius 1 is 1.25 bits per heavy atom. The fraction of sp³-hybridized carbons (Fsp3) is 0.429. The van der Waals surface area contributed by atoms with Crippen molar-refractivity contribution in [1.82, 2.24) is 16.1 Å². The summed E-state index contributed by atoms with van der Waals surface area (Å²) in [6.07, 6.45) is 0. The molecule has 1 aromatic rings. The van der Waals surface area contributed by atoms with Gasteiger partial charge in [0.15, 0.2) is 0 Å². The van der Waals surface area contributed by atoms with Gasteiger partial charge in [0.25, 0.3) is 5.91 Å². The molecule has 0 spiro atoms. The number of urea groups is 1. The van der Waals surface area contributed by atoms with Crippen LogP contribution in [-0.4, -0.2) is 22.7 Å². The van der Waals surface area contributed by atoms with E-state index in [2.05, 4.69) is 10.6 Å². The third-order valence-corrected chi connectivity index (χ3v) is 2.59. The zero-order chi connectivity index (χ0) is 15.3. The minimum atomic E-state index is -0.585. The molecule has 0 bridgehead atoms. The number of benzene rings is 1. The SMILES string of the molecule is C[C@@H](NC(=O)NC(C)(C)C)c1cccc(C(=O)NO)c1. The lowest BCUT2D eigenvalue weighted by Gasteiger charge is -2.23. The third-order valence-electron chi connectivity index (χ3n) is 2.59. The van der Waals surface area contributed by atoms with E-state index in [1.807, 2.05) is 27.7 Å². The van der Waals surface area contributed by atoms with Crippen LogP contribution < -0.4 is 16.1 Å². The summed E-state index contributed by atoms with van der Waals surface area (Å²) in [5.41, 5.74) is 2.37. The first-order valence-corrected chi connectivity index (χ1v) is 6.36. The summed E-state index contributed by atoms with van der Waals surface area (Å²) >= 11 is 0. The van der Waals surface area contributed by atoms with Crippen molar-refractivity contribution in [2.24, 2.45) is 0 Å². The van der Waals surface area contributed by atoms with Gasteiger partial charge in [0.05, 0.1) is 6.04 Å². The highest BCUT2D eigenvalue weighted by Crippen LogP contribution is 2.14. The van der Waals surface area contributed by atoms with E-state index >= 15 is 0 Å². The Morgan fingerprint density at radius 2 is 1.90 bits per heavy atom. The van der Waals surface area contributed by atoms with Crippen LogP contribution in [0.4, 0.5) is 4.79 Å². The number of carbonyl (C=O) groups excluding carboxylic acids is 2. The molecular weight excluding hydrogens is 258 g/mol. The Labute approximate surface area is 118 Å². The summed E-state index contributed by atoms with van der Waals surface area (Å²) in [5, 5.41) is 14.2. The fourth-order valence-electron chi connectivity index (χ4n) is 1.67. The second-order valence-electron chi connectivity index (χ2n) is 5.64. The van der Waals surface area contributed by atoms with Gasteiger partial charge in [-0.3, -0.25) is 10.0 Å². The summed E-state index contributed by atoms with van der Waals surface area (Å²) < 4.78 is 0. The highest BCUT2D eigenvalue weighted by atomic mass is 16.5. The molecule has 0 saturated carbocycles. The van der Waals surface area contributed by atoms with Gasteiger partial charge >= 0.3 is 6.03 Å². The Kier molecular flexibility index (Phi) is 5.10. The first-order chi connectivity index (χ1) is 9.23. The van der Waals surface area contributed by atoms with Gasteiger partial charge in [-0.05, 0) is 45.4 Å². The van der Waals surface area contributed by atoms with Gasteiger partial charge in [-0.2, -0.15) is 0 Å². The molecule has 0 saturated heterocycles. The molecule has 4 N–H and O–H groups in total. The molecule has 1 aromatic carbocycles. The van der Waals surface area contributed by atoms with E-state index < -0.39 is 5.91 Å². The predicted octanol–water partition coefficient (Wildman–Crippen LogP) is 1.96. The second kappa shape index (κ2) is 6.38. The highest BCUT2D eigenvalue weighted by Gasteiger charge is 2.16. The molecule has 0 aromatic heterocycles. The quantitative estimate of drug-likeness (QED) is 0.503. The van der Waals surface area contributed by atoms with Crippen LogP contribution >= 0.6 is 0 Å². The number of amides is 3. The number of hydrogen-bond donors (Lipinski definition) is 4. The van der Waals surface area contributed by atoms with E-state index in [1.165, 1.54) is 0 Å². The topological polar surface area (TPSA) is 90.5 Å². The van der Waals surface area contributed by atoms with Crippen molar-refractivity contribution < 1.29 is 14.8 Å². The van der Waals surface area contributed by atoms with E-state index in [1.54, 1.807) is 29.7 Å². The van der Waals surface area contributed by atoms with Crippen molar-refractivity contribution in [3.8, 4) is 0 Å². The van der Waals surface area contributed by atoms with Crippen LogP contribution in [0.3, 0.4) is 0 Å². The molecule has 6 heteroatoms. The first-order valence-electron chi connectivity index (χ1n) is 6.36. The first kappa shape index (κ1) is 16.0. The van der Waals surface area contributed by atoms with Gasteiger partial charge in [0, 0.05) is 11.1 Å². The van der Waals surface area contributed by atoms with E-state index in [4.69, 9.17) is 5.21 Å². The maximum Gasteiger partial charge on any atom is 0.315 e. The zero-order valence-corrected chi connectivity index (χ0v) is 12.2. The Bertz CT molecular complexity index is 495. The molecule has 0 aliphatic heterocycles. The maximum absolute atomic E-state index is 11.8. The number of carbonyl (C=O) groups is 2. The van der Waals surface area contributed by atoms with Gasteiger partial charge in [-0.1, -0.05) is 12.1 Å². The lowest BCUT2D eigenvalue weighted by Crippen LogP contribution is -2.47. The van der Waals surface area contributed by atoms with Gasteiger partial charge in [-0.15, -0.1) is 0 Å². The van der Waals surface area contributed by atoms with Crippen molar-refractivity contribution in [1.29, 1.82) is 0 Å². The Hall–Kier alpha value is -2.08. The van der Waals surface area contributed by atoms with Gasteiger partial charge in [0.1, 0.15) is 0 Å². The Balaban J connectivity index is 2.75. The lowest BCUT2D eigenvalue weighted by atomic mass is 10.0. The highest BCUT2D eigenvalue weighted by molar-refractivity contribution is 5.93. The summed E-state index contributed by atoms with van der Waals surface area (Å²) in [7, 11) is 0. The molecule has 3 amide bonds. The van der Waals surface area contributed by atoms with Gasteiger partial charge in [0.2, 0.25) is 0 Å². The van der Waals surface area contributed by atoms with Crippen LogP contribution in [0.2, 0.25) is 0 Å². The average Bonchev–Trinajstić information content (AvgIpc) is 2.35. The third kappa shape index (κ3) is 4.89. The molecule has 6 nitrogen and oxygen atoms in total. The van der Waals surface area contributed by atoms with E-state index in [0.717, 1.165) is 5.56 Å². The fourth-order valence-corrected chi connectivity index (χ4v) is 1.67. The molecule has 20 heavy (non-hydrogen) atoms. The minimum Gasteiger partial charge on any atom is -0.334 e. The predicted molar refractivity (Wildman–Crippen MR) is 75.5 cm³/mol. The molecule has 0 radical (unpaired) electrons. The molecular formula is C14H21N3O3. The molecule has 0 unspecified atom stereocenters. The van der Waals surface area contributed by atoms with Crippen LogP contribution in [0.25, 0.3) is 0 Å². The summed E-state index contributed by atoms with van der Waals surface area (Å²) in [4.78, 5) is 23.1. The maximum atomic E-state index is 11.8. The molecule has 0 aliphatic carbocycles. The van der Waals surface area contributed by atoms with Crippen molar-refractivity contribution in [3.05, 3.63) is 35.4 Å². The summed E-state index contributed by atoms with van der Waals surface area (Å²) in [5.74, 6) is -0.585. The van der Waals surface area contributed by atoms with Crippen molar-refractivity contribution >= 4 is 11.9 Å². The second-order valence-corrected chi connectivity index (χ2v) is 5.64. The molecule has 0 fully saturated rings. The lowest BCUT2D eigenvalue weighted by molar-refractivity contribution is 0.0706. The van der Waals surface area contributed by atoms with Crippen LogP contribution in [0.1, 0.15) is 49.7 Å². The van der Waals surface area contributed by atoms with E-state index in [9.17, 15) is 9.59 Å². The molecule has 0 heterocycles. The van der Waals surface area contributed by atoms with Crippen molar-refractivity contribution in [2.75, 3.05) is 0 Å². The van der Waals surface area contributed by atoms with Crippen LogP contribution in [-0.2, 0) is 0 Å². The normalized spacial score (nSPS) is 12.4. The zero-order valence-electron chi connectivity index (χ0n) is 12.2. The standard InChI is InChI=1S/C14H21N3O3/c1-9(15-13(19)16-14(2,3)4)10-6-5-7-11(8-10)12(18)17-20/h5-9,20H,1-4H3,(H,17,18)(H2,15,16,19)/t9-/m1/s1. The van der Waals surface area contributed by atoms with Gasteiger partial charge < -0.3 is 10.6 Å². The van der Waals surface area contributed by atoms with Crippen LogP contribution in [0, 0.1) is 0 Å². The molecule has 1 rings (SSSR count). The smallest absolute Gasteiger partial charge is 0.315 e. The van der Waals surface area contributed by atoms with Gasteiger partial charge in [-0.25, -0.2) is 10.3 Å². The van der Waals surface area contributed by atoms with Crippen LogP contribution in [0.15, 0.2) is 24.3 Å². The number of hydrogen-bond acceptors (Lipinski definition) is 3. The molecule has 0 aliphatic rings. The number of hydroxylamine groups is 1. The van der Waals surface area contributed by atoms with E-state index in [-0.39, 0.29) is 17.6 Å². The molecule has 1 atom stereocenters. The summed E-state index contributed by atoms with van der Waals surface area (Å²) in [6, 6.07) is 6.16.